The Bertz CT molecular complexity index is 407. The first kappa shape index (κ1) is 14.1. The van der Waals surface area contributed by atoms with E-state index in [-0.39, 0.29) is 5.41 Å². The second kappa shape index (κ2) is 6.28. The zero-order chi connectivity index (χ0) is 13.8. The Morgan fingerprint density at radius 1 is 1.20 bits per heavy atom. The van der Waals surface area contributed by atoms with Crippen LogP contribution in [0.15, 0.2) is 30.3 Å². The molecule has 0 amide bonds. The number of hydrogen-bond donors (Lipinski definition) is 1. The summed E-state index contributed by atoms with van der Waals surface area (Å²) in [5, 5.41) is 0. The fourth-order valence-corrected chi connectivity index (χ4v) is 3.92. The van der Waals surface area contributed by atoms with E-state index in [4.69, 9.17) is 10.5 Å². The van der Waals surface area contributed by atoms with Gasteiger partial charge in [0.2, 0.25) is 0 Å². The van der Waals surface area contributed by atoms with Crippen LogP contribution in [-0.2, 0) is 10.2 Å². The minimum Gasteiger partial charge on any atom is -0.378 e. The van der Waals surface area contributed by atoms with Crippen molar-refractivity contribution >= 4 is 0 Å². The molecule has 20 heavy (non-hydrogen) atoms. The predicted octanol–water partition coefficient (Wildman–Crippen LogP) is 3.78. The molecule has 1 heterocycles. The van der Waals surface area contributed by atoms with E-state index in [0.29, 0.717) is 12.1 Å². The third kappa shape index (κ3) is 2.77. The van der Waals surface area contributed by atoms with Crippen LogP contribution in [0.25, 0.3) is 0 Å². The van der Waals surface area contributed by atoms with E-state index in [1.54, 1.807) is 0 Å². The summed E-state index contributed by atoms with van der Waals surface area (Å²) in [7, 11) is 0. The van der Waals surface area contributed by atoms with Crippen LogP contribution < -0.4 is 5.73 Å². The number of nitrogens with two attached hydrogens (primary N) is 1. The van der Waals surface area contributed by atoms with Crippen LogP contribution in [0.5, 0.6) is 0 Å². The molecule has 2 aliphatic rings. The predicted molar refractivity (Wildman–Crippen MR) is 82.8 cm³/mol. The molecule has 1 aliphatic carbocycles. The molecule has 0 spiro atoms. The normalized spacial score (nSPS) is 26.1. The molecule has 1 saturated carbocycles. The second-order valence-corrected chi connectivity index (χ2v) is 6.55. The topological polar surface area (TPSA) is 35.2 Å². The molecule has 2 unspecified atom stereocenters. The van der Waals surface area contributed by atoms with Crippen LogP contribution in [0.3, 0.4) is 0 Å². The summed E-state index contributed by atoms with van der Waals surface area (Å²) in [6.45, 7) is 0.963. The van der Waals surface area contributed by atoms with Gasteiger partial charge in [-0.1, -0.05) is 36.8 Å². The van der Waals surface area contributed by atoms with Gasteiger partial charge in [-0.3, -0.25) is 0 Å². The summed E-state index contributed by atoms with van der Waals surface area (Å²) in [6.07, 6.45) is 10.4. The molecule has 110 valence electrons. The largest absolute Gasteiger partial charge is 0.378 e. The lowest BCUT2D eigenvalue weighted by Gasteiger charge is -2.47. The molecule has 2 nitrogen and oxygen atoms in total. The zero-order valence-corrected chi connectivity index (χ0v) is 12.4. The fraction of sp³-hybridized carbons (Fsp3) is 0.667. The van der Waals surface area contributed by atoms with Gasteiger partial charge in [-0.2, -0.15) is 0 Å². The Balaban J connectivity index is 1.55. The highest BCUT2D eigenvalue weighted by molar-refractivity contribution is 5.30. The Morgan fingerprint density at radius 2 is 2.00 bits per heavy atom. The SMILES string of the molecule is NC(CCCC1CCCO1)C1(c2ccccc2)CCC1. The van der Waals surface area contributed by atoms with E-state index in [2.05, 4.69) is 30.3 Å². The van der Waals surface area contributed by atoms with Crippen molar-refractivity contribution in [3.63, 3.8) is 0 Å². The van der Waals surface area contributed by atoms with E-state index in [9.17, 15) is 0 Å². The highest BCUT2D eigenvalue weighted by Crippen LogP contribution is 2.46. The molecule has 2 fully saturated rings. The van der Waals surface area contributed by atoms with Gasteiger partial charge >= 0.3 is 0 Å². The first-order valence-corrected chi connectivity index (χ1v) is 8.24. The number of hydrogen-bond acceptors (Lipinski definition) is 2. The molecule has 0 radical (unpaired) electrons. The van der Waals surface area contributed by atoms with E-state index < -0.39 is 0 Å². The van der Waals surface area contributed by atoms with Crippen LogP contribution in [0.4, 0.5) is 0 Å². The standard InChI is InChI=1S/C18H27NO/c19-17(11-4-9-16-10-5-14-20-16)18(12-6-13-18)15-7-2-1-3-8-15/h1-3,7-8,16-17H,4-6,9-14,19H2. The van der Waals surface area contributed by atoms with Gasteiger partial charge in [-0.25, -0.2) is 0 Å². The van der Waals surface area contributed by atoms with E-state index in [1.807, 2.05) is 0 Å². The summed E-state index contributed by atoms with van der Waals surface area (Å²) in [5.74, 6) is 0. The molecule has 1 aromatic rings. The van der Waals surface area contributed by atoms with Gasteiger partial charge in [-0.05, 0) is 50.5 Å². The molecule has 2 heteroatoms. The molecule has 0 aromatic heterocycles. The molecular formula is C18H27NO. The maximum atomic E-state index is 6.59. The maximum absolute atomic E-state index is 6.59. The van der Waals surface area contributed by atoms with Crippen molar-refractivity contribution in [2.24, 2.45) is 5.73 Å². The Morgan fingerprint density at radius 3 is 2.60 bits per heavy atom. The van der Waals surface area contributed by atoms with Crippen LogP contribution in [0, 0.1) is 0 Å². The van der Waals surface area contributed by atoms with Crippen LogP contribution in [0.2, 0.25) is 0 Å². The molecule has 3 rings (SSSR count). The third-order valence-corrected chi connectivity index (χ3v) is 5.37. The van der Waals surface area contributed by atoms with Gasteiger partial charge in [-0.15, -0.1) is 0 Å². The van der Waals surface area contributed by atoms with Gasteiger partial charge < -0.3 is 10.5 Å². The summed E-state index contributed by atoms with van der Waals surface area (Å²) < 4.78 is 5.70. The van der Waals surface area contributed by atoms with Crippen LogP contribution in [-0.4, -0.2) is 18.8 Å². The molecule has 1 aromatic carbocycles. The minimum absolute atomic E-state index is 0.262. The first-order chi connectivity index (χ1) is 9.81. The lowest BCUT2D eigenvalue weighted by Crippen LogP contribution is -2.50. The maximum Gasteiger partial charge on any atom is 0.0576 e. The molecule has 2 atom stereocenters. The van der Waals surface area contributed by atoms with Gasteiger partial charge in [0.1, 0.15) is 0 Å². The number of ether oxygens (including phenoxy) is 1. The van der Waals surface area contributed by atoms with Crippen molar-refractivity contribution in [1.29, 1.82) is 0 Å². The first-order valence-electron chi connectivity index (χ1n) is 8.24. The Labute approximate surface area is 122 Å². The second-order valence-electron chi connectivity index (χ2n) is 6.55. The summed E-state index contributed by atoms with van der Waals surface area (Å²) >= 11 is 0. The molecule has 1 aliphatic heterocycles. The van der Waals surface area contributed by atoms with Crippen molar-refractivity contribution in [3.8, 4) is 0 Å². The Kier molecular flexibility index (Phi) is 4.42. The fourth-order valence-electron chi connectivity index (χ4n) is 3.92. The average Bonchev–Trinajstić information content (AvgIpc) is 2.92. The van der Waals surface area contributed by atoms with Crippen molar-refractivity contribution in [3.05, 3.63) is 35.9 Å². The molecule has 0 bridgehead atoms. The van der Waals surface area contributed by atoms with Crippen molar-refractivity contribution in [1.82, 2.24) is 0 Å². The van der Waals surface area contributed by atoms with Crippen molar-refractivity contribution in [2.75, 3.05) is 6.61 Å². The zero-order valence-electron chi connectivity index (χ0n) is 12.4. The van der Waals surface area contributed by atoms with E-state index >= 15 is 0 Å². The lowest BCUT2D eigenvalue weighted by atomic mass is 9.59. The minimum atomic E-state index is 0.262. The molecule has 1 saturated heterocycles. The van der Waals surface area contributed by atoms with Crippen LogP contribution >= 0.6 is 0 Å². The lowest BCUT2D eigenvalue weighted by molar-refractivity contribution is 0.0987. The monoisotopic (exact) mass is 273 g/mol. The van der Waals surface area contributed by atoms with Gasteiger partial charge in [0, 0.05) is 18.1 Å². The summed E-state index contributed by atoms with van der Waals surface area (Å²) in [5.41, 5.74) is 8.31. The van der Waals surface area contributed by atoms with Gasteiger partial charge in [0.15, 0.2) is 0 Å². The molecular weight excluding hydrogens is 246 g/mol. The highest BCUT2D eigenvalue weighted by Gasteiger charge is 2.43. The summed E-state index contributed by atoms with van der Waals surface area (Å²) in [4.78, 5) is 0. The van der Waals surface area contributed by atoms with Crippen molar-refractivity contribution in [2.45, 2.75) is 68.9 Å². The van der Waals surface area contributed by atoms with Crippen molar-refractivity contribution < 1.29 is 4.74 Å². The quantitative estimate of drug-likeness (QED) is 0.856. The van der Waals surface area contributed by atoms with Gasteiger partial charge in [0.05, 0.1) is 6.10 Å². The van der Waals surface area contributed by atoms with E-state index in [0.717, 1.165) is 13.0 Å². The number of rotatable bonds is 6. The van der Waals surface area contributed by atoms with E-state index in [1.165, 1.54) is 50.5 Å². The average molecular weight is 273 g/mol. The van der Waals surface area contributed by atoms with Gasteiger partial charge in [0.25, 0.3) is 0 Å². The third-order valence-electron chi connectivity index (χ3n) is 5.37. The smallest absolute Gasteiger partial charge is 0.0576 e. The number of benzene rings is 1. The summed E-state index contributed by atoms with van der Waals surface area (Å²) in [6, 6.07) is 11.2. The van der Waals surface area contributed by atoms with Crippen LogP contribution in [0.1, 0.15) is 56.9 Å². The Hall–Kier alpha value is -0.860. The highest BCUT2D eigenvalue weighted by atomic mass is 16.5. The molecule has 2 N–H and O–H groups in total.